The lowest BCUT2D eigenvalue weighted by molar-refractivity contribution is 0.263. The average molecular weight is 275 g/mol. The topological polar surface area (TPSA) is 23.5 Å². The molecule has 3 heteroatoms. The highest BCUT2D eigenvalue weighted by Gasteiger charge is 2.21. The van der Waals surface area contributed by atoms with E-state index in [1.54, 1.807) is 0 Å². The first-order valence-corrected chi connectivity index (χ1v) is 7.68. The van der Waals surface area contributed by atoms with Crippen molar-refractivity contribution in [1.82, 2.24) is 4.90 Å². The molecule has 1 aromatic carbocycles. The number of rotatable bonds is 2. The van der Waals surface area contributed by atoms with Crippen LogP contribution in [0.25, 0.3) is 0 Å². The number of thioether (sulfide) groups is 1. The highest BCUT2D eigenvalue weighted by Crippen LogP contribution is 2.25. The summed E-state index contributed by atoms with van der Waals surface area (Å²) in [6.45, 7) is 7.88. The van der Waals surface area contributed by atoms with Crippen LogP contribution in [0.5, 0.6) is 0 Å². The molecule has 1 heterocycles. The Balaban J connectivity index is 1.95. The minimum absolute atomic E-state index is 0.0804. The van der Waals surface area contributed by atoms with E-state index in [0.29, 0.717) is 0 Å². The largest absolute Gasteiger partial charge is 0.384 e. The van der Waals surface area contributed by atoms with Crippen LogP contribution in [0, 0.1) is 11.8 Å². The van der Waals surface area contributed by atoms with Crippen LogP contribution in [-0.2, 0) is 6.54 Å². The van der Waals surface area contributed by atoms with E-state index in [-0.39, 0.29) is 6.61 Å². The molecule has 2 nitrogen and oxygen atoms in total. The summed E-state index contributed by atoms with van der Waals surface area (Å²) in [5, 5.41) is 10.1. The predicted octanol–water partition coefficient (Wildman–Crippen LogP) is 2.36. The Bertz CT molecular complexity index is 450. The molecule has 1 aliphatic rings. The quantitative estimate of drug-likeness (QED) is 0.838. The molecule has 0 aromatic heterocycles. The molecule has 0 bridgehead atoms. The molecule has 102 valence electrons. The van der Waals surface area contributed by atoms with Gasteiger partial charge in [0, 0.05) is 35.7 Å². The summed E-state index contributed by atoms with van der Waals surface area (Å²) in [5.74, 6) is 5.59. The zero-order valence-electron chi connectivity index (χ0n) is 11.6. The average Bonchev–Trinajstić information content (AvgIpc) is 2.37. The third kappa shape index (κ3) is 4.58. The zero-order chi connectivity index (χ0) is 13.7. The van der Waals surface area contributed by atoms with Crippen LogP contribution >= 0.6 is 11.8 Å². The van der Waals surface area contributed by atoms with Crippen molar-refractivity contribution in [2.45, 2.75) is 30.9 Å². The molecule has 1 aliphatic heterocycles. The molecular formula is C16H21NOS. The summed E-state index contributed by atoms with van der Waals surface area (Å²) in [4.78, 5) is 2.53. The Kier molecular flexibility index (Phi) is 5.33. The summed E-state index contributed by atoms with van der Waals surface area (Å²) < 4.78 is 0. The number of aliphatic hydroxyl groups excluding tert-OH is 1. The van der Waals surface area contributed by atoms with Gasteiger partial charge in [0.1, 0.15) is 6.61 Å². The molecule has 0 amide bonds. The van der Waals surface area contributed by atoms with Gasteiger partial charge >= 0.3 is 0 Å². The van der Waals surface area contributed by atoms with Gasteiger partial charge in [-0.05, 0) is 17.7 Å². The van der Waals surface area contributed by atoms with Crippen molar-refractivity contribution in [1.29, 1.82) is 0 Å². The van der Waals surface area contributed by atoms with Crippen molar-refractivity contribution in [3.05, 3.63) is 35.4 Å². The van der Waals surface area contributed by atoms with E-state index in [9.17, 15) is 0 Å². The standard InChI is InChI=1S/C16H21NOS/c1-13-10-17(11-14(2)19-13)12-16-7-5-15(6-8-16)4-3-9-18/h5-8,13-14,18H,9-12H2,1-2H3. The van der Waals surface area contributed by atoms with Gasteiger partial charge in [0.2, 0.25) is 0 Å². The lowest BCUT2D eigenvalue weighted by Gasteiger charge is -2.34. The van der Waals surface area contributed by atoms with Crippen LogP contribution in [0.3, 0.4) is 0 Å². The van der Waals surface area contributed by atoms with Gasteiger partial charge < -0.3 is 5.11 Å². The smallest absolute Gasteiger partial charge is 0.104 e. The molecule has 0 spiro atoms. The van der Waals surface area contributed by atoms with Crippen LogP contribution in [0.2, 0.25) is 0 Å². The van der Waals surface area contributed by atoms with Gasteiger partial charge in [0.05, 0.1) is 0 Å². The second kappa shape index (κ2) is 7.00. The van der Waals surface area contributed by atoms with Crippen molar-refractivity contribution in [3.8, 4) is 11.8 Å². The number of hydrogen-bond donors (Lipinski definition) is 1. The van der Waals surface area contributed by atoms with Crippen molar-refractivity contribution in [2.24, 2.45) is 0 Å². The second-order valence-corrected chi connectivity index (χ2v) is 6.99. The van der Waals surface area contributed by atoms with Crippen LogP contribution in [-0.4, -0.2) is 40.2 Å². The Morgan fingerprint density at radius 1 is 1.21 bits per heavy atom. The summed E-state index contributed by atoms with van der Waals surface area (Å²) in [5.41, 5.74) is 2.30. The van der Waals surface area contributed by atoms with Gasteiger partial charge in [0.15, 0.2) is 0 Å². The van der Waals surface area contributed by atoms with Crippen molar-refractivity contribution in [3.63, 3.8) is 0 Å². The Morgan fingerprint density at radius 3 is 2.42 bits per heavy atom. The SMILES string of the molecule is CC1CN(Cc2ccc(C#CCO)cc2)CC(C)S1. The molecule has 2 rings (SSSR count). The Morgan fingerprint density at radius 2 is 1.84 bits per heavy atom. The van der Waals surface area contributed by atoms with Gasteiger partial charge in [-0.3, -0.25) is 4.90 Å². The summed E-state index contributed by atoms with van der Waals surface area (Å²) in [7, 11) is 0. The first-order chi connectivity index (χ1) is 9.17. The van der Waals surface area contributed by atoms with E-state index in [1.807, 2.05) is 12.1 Å². The summed E-state index contributed by atoms with van der Waals surface area (Å²) in [6, 6.07) is 8.34. The fourth-order valence-corrected chi connectivity index (χ4v) is 3.89. The van der Waals surface area contributed by atoms with Crippen molar-refractivity contribution < 1.29 is 5.11 Å². The molecular weight excluding hydrogens is 254 g/mol. The molecule has 2 unspecified atom stereocenters. The minimum Gasteiger partial charge on any atom is -0.384 e. The number of hydrogen-bond acceptors (Lipinski definition) is 3. The van der Waals surface area contributed by atoms with E-state index in [4.69, 9.17) is 5.11 Å². The van der Waals surface area contributed by atoms with E-state index >= 15 is 0 Å². The van der Waals surface area contributed by atoms with Crippen LogP contribution < -0.4 is 0 Å². The van der Waals surface area contributed by atoms with E-state index < -0.39 is 0 Å². The fraction of sp³-hybridized carbons (Fsp3) is 0.500. The van der Waals surface area contributed by atoms with Gasteiger partial charge in [-0.2, -0.15) is 11.8 Å². The maximum absolute atomic E-state index is 8.67. The molecule has 2 atom stereocenters. The molecule has 1 aromatic rings. The summed E-state index contributed by atoms with van der Waals surface area (Å²) >= 11 is 2.08. The van der Waals surface area contributed by atoms with Crippen molar-refractivity contribution in [2.75, 3.05) is 19.7 Å². The summed E-state index contributed by atoms with van der Waals surface area (Å²) in [6.07, 6.45) is 0. The van der Waals surface area contributed by atoms with Crippen LogP contribution in [0.15, 0.2) is 24.3 Å². The molecule has 1 fully saturated rings. The maximum atomic E-state index is 8.67. The number of nitrogens with zero attached hydrogens (tertiary/aromatic N) is 1. The molecule has 1 N–H and O–H groups in total. The number of aliphatic hydroxyl groups is 1. The van der Waals surface area contributed by atoms with Gasteiger partial charge in [-0.15, -0.1) is 0 Å². The van der Waals surface area contributed by atoms with Gasteiger partial charge in [-0.25, -0.2) is 0 Å². The fourth-order valence-electron chi connectivity index (χ4n) is 2.51. The highest BCUT2D eigenvalue weighted by atomic mass is 32.2. The maximum Gasteiger partial charge on any atom is 0.104 e. The van der Waals surface area contributed by atoms with Crippen LogP contribution in [0.1, 0.15) is 25.0 Å². The molecule has 19 heavy (non-hydrogen) atoms. The molecule has 0 radical (unpaired) electrons. The van der Waals surface area contributed by atoms with E-state index in [0.717, 1.165) is 22.6 Å². The number of benzene rings is 1. The first-order valence-electron chi connectivity index (χ1n) is 6.74. The minimum atomic E-state index is -0.0804. The third-order valence-electron chi connectivity index (χ3n) is 3.17. The third-order valence-corrected chi connectivity index (χ3v) is 4.39. The lowest BCUT2D eigenvalue weighted by Crippen LogP contribution is -2.39. The molecule has 1 saturated heterocycles. The predicted molar refractivity (Wildman–Crippen MR) is 82.2 cm³/mol. The second-order valence-electron chi connectivity index (χ2n) is 5.11. The first kappa shape index (κ1) is 14.5. The van der Waals surface area contributed by atoms with Crippen molar-refractivity contribution >= 4 is 11.8 Å². The Hall–Kier alpha value is -0.950. The van der Waals surface area contributed by atoms with E-state index in [1.165, 1.54) is 18.7 Å². The van der Waals surface area contributed by atoms with E-state index in [2.05, 4.69) is 54.5 Å². The van der Waals surface area contributed by atoms with Gasteiger partial charge in [-0.1, -0.05) is 37.8 Å². The normalized spacial score (nSPS) is 23.7. The van der Waals surface area contributed by atoms with Crippen LogP contribution in [0.4, 0.5) is 0 Å². The monoisotopic (exact) mass is 275 g/mol. The molecule has 0 aliphatic carbocycles. The zero-order valence-corrected chi connectivity index (χ0v) is 12.4. The Labute approximate surface area is 120 Å². The molecule has 0 saturated carbocycles. The van der Waals surface area contributed by atoms with Gasteiger partial charge in [0.25, 0.3) is 0 Å². The lowest BCUT2D eigenvalue weighted by atomic mass is 10.1. The highest BCUT2D eigenvalue weighted by molar-refractivity contribution is 8.00.